The van der Waals surface area contributed by atoms with Gasteiger partial charge in [0, 0.05) is 38.6 Å². The number of halogens is 6. The first kappa shape index (κ1) is 26.6. The Morgan fingerprint density at radius 3 is 2.27 bits per heavy atom. The number of nitrogens with one attached hydrogen (secondary N) is 1. The fourth-order valence-electron chi connectivity index (χ4n) is 4.11. The maximum atomic E-state index is 13.1. The topological polar surface area (TPSA) is 114 Å². The van der Waals surface area contributed by atoms with Crippen molar-refractivity contribution in [3.8, 4) is 5.75 Å². The van der Waals surface area contributed by atoms with Gasteiger partial charge in [0.05, 0.1) is 30.4 Å². The van der Waals surface area contributed by atoms with Gasteiger partial charge < -0.3 is 19.3 Å². The van der Waals surface area contributed by atoms with Crippen LogP contribution in [0.25, 0.3) is 0 Å². The highest BCUT2D eigenvalue weighted by atomic mass is 19.4. The van der Waals surface area contributed by atoms with Crippen LogP contribution in [0, 0.1) is 0 Å². The molecule has 1 N–H and O–H groups in total. The zero-order valence-corrected chi connectivity index (χ0v) is 19.2. The summed E-state index contributed by atoms with van der Waals surface area (Å²) in [6.45, 7) is 1.07. The van der Waals surface area contributed by atoms with Crippen LogP contribution in [0.2, 0.25) is 0 Å². The summed E-state index contributed by atoms with van der Waals surface area (Å²) in [6.07, 6.45) is -7.23. The van der Waals surface area contributed by atoms with Crippen molar-refractivity contribution in [2.24, 2.45) is 0 Å². The fourth-order valence-corrected chi connectivity index (χ4v) is 4.11. The van der Waals surface area contributed by atoms with Gasteiger partial charge in [-0.25, -0.2) is 15.1 Å². The molecule has 2 aliphatic heterocycles. The van der Waals surface area contributed by atoms with Gasteiger partial charge in [0.1, 0.15) is 6.61 Å². The van der Waals surface area contributed by atoms with Crippen molar-refractivity contribution in [2.45, 2.75) is 43.8 Å². The molecular weight excluding hydrogens is 514 g/mol. The van der Waals surface area contributed by atoms with Gasteiger partial charge in [-0.05, 0) is 12.8 Å². The maximum Gasteiger partial charge on any atom is 0.425 e. The number of ether oxygens (including phenoxy) is 2. The number of hydrogen-bond donors (Lipinski definition) is 1. The van der Waals surface area contributed by atoms with Gasteiger partial charge >= 0.3 is 12.4 Å². The highest BCUT2D eigenvalue weighted by molar-refractivity contribution is 5.77. The Kier molecular flexibility index (Phi) is 7.57. The minimum atomic E-state index is -4.92. The number of alkyl halides is 6. The van der Waals surface area contributed by atoms with Crippen LogP contribution in [0.4, 0.5) is 32.3 Å². The largest absolute Gasteiger partial charge is 0.488 e. The van der Waals surface area contributed by atoms with E-state index in [0.717, 1.165) is 6.20 Å². The van der Waals surface area contributed by atoms with Gasteiger partial charge in [0.15, 0.2) is 11.3 Å². The van der Waals surface area contributed by atoms with Crippen LogP contribution < -0.4 is 15.2 Å². The summed E-state index contributed by atoms with van der Waals surface area (Å²) in [7, 11) is 0. The Hall–Kier alpha value is -3.43. The van der Waals surface area contributed by atoms with Gasteiger partial charge in [-0.1, -0.05) is 0 Å². The van der Waals surface area contributed by atoms with Crippen LogP contribution >= 0.6 is 0 Å². The molecule has 2 aromatic heterocycles. The zero-order chi connectivity index (χ0) is 26.8. The first-order chi connectivity index (χ1) is 17.4. The molecule has 2 saturated heterocycles. The number of aromatic amines is 1. The van der Waals surface area contributed by atoms with Crippen molar-refractivity contribution in [1.82, 2.24) is 25.1 Å². The summed E-state index contributed by atoms with van der Waals surface area (Å²) in [4.78, 5) is 35.0. The van der Waals surface area contributed by atoms with Crippen LogP contribution in [0.5, 0.6) is 5.75 Å². The Morgan fingerprint density at radius 2 is 1.65 bits per heavy atom. The maximum absolute atomic E-state index is 13.1. The van der Waals surface area contributed by atoms with E-state index in [2.05, 4.69) is 15.1 Å². The van der Waals surface area contributed by atoms with E-state index < -0.39 is 47.0 Å². The third-order valence-corrected chi connectivity index (χ3v) is 6.01. The predicted molar refractivity (Wildman–Crippen MR) is 114 cm³/mol. The molecule has 16 heteroatoms. The van der Waals surface area contributed by atoms with Crippen LogP contribution in [-0.2, 0) is 21.9 Å². The second-order valence-electron chi connectivity index (χ2n) is 8.55. The van der Waals surface area contributed by atoms with E-state index in [1.54, 1.807) is 14.9 Å². The van der Waals surface area contributed by atoms with Crippen LogP contribution in [0.15, 0.2) is 23.4 Å². The molecule has 0 saturated carbocycles. The zero-order valence-electron chi connectivity index (χ0n) is 19.2. The SMILES string of the molecule is O=C(C[C@@H]1CC[C@@H](COc2cn[nH]c(=O)c2C(F)(F)F)O1)N1CCN(c2ncc(C(F)(F)F)cn2)CC1. The molecule has 0 spiro atoms. The lowest BCUT2D eigenvalue weighted by Crippen LogP contribution is -2.49. The first-order valence-corrected chi connectivity index (χ1v) is 11.3. The minimum Gasteiger partial charge on any atom is -0.488 e. The van der Waals surface area contributed by atoms with E-state index in [9.17, 15) is 35.9 Å². The number of piperazine rings is 1. The normalized spacial score (nSPS) is 20.8. The smallest absolute Gasteiger partial charge is 0.425 e. The summed E-state index contributed by atoms with van der Waals surface area (Å²) >= 11 is 0. The highest BCUT2D eigenvalue weighted by Crippen LogP contribution is 2.33. The molecule has 0 radical (unpaired) electrons. The van der Waals surface area contributed by atoms with Crippen molar-refractivity contribution < 1.29 is 40.6 Å². The highest BCUT2D eigenvalue weighted by Gasteiger charge is 2.39. The van der Waals surface area contributed by atoms with Crippen molar-refractivity contribution in [3.63, 3.8) is 0 Å². The molecular formula is C21H22F6N6O4. The third kappa shape index (κ3) is 6.47. The number of carbonyl (C=O) groups is 1. The molecule has 10 nitrogen and oxygen atoms in total. The van der Waals surface area contributed by atoms with E-state index in [1.807, 2.05) is 0 Å². The molecule has 0 aliphatic carbocycles. The Bertz CT molecular complexity index is 1150. The second kappa shape index (κ2) is 10.5. The van der Waals surface area contributed by atoms with Gasteiger partial charge in [-0.15, -0.1) is 0 Å². The molecule has 2 fully saturated rings. The predicted octanol–water partition coefficient (Wildman–Crippen LogP) is 2.26. The molecule has 2 atom stereocenters. The molecule has 4 heterocycles. The Labute approximate surface area is 205 Å². The number of rotatable bonds is 6. The molecule has 37 heavy (non-hydrogen) atoms. The first-order valence-electron chi connectivity index (χ1n) is 11.3. The van der Waals surface area contributed by atoms with Crippen LogP contribution in [0.1, 0.15) is 30.4 Å². The summed E-state index contributed by atoms with van der Waals surface area (Å²) in [5, 5.41) is 5.06. The van der Waals surface area contributed by atoms with Gasteiger partial charge in [-0.2, -0.15) is 31.4 Å². The monoisotopic (exact) mass is 536 g/mol. The van der Waals surface area contributed by atoms with Crippen molar-refractivity contribution in [1.29, 1.82) is 0 Å². The number of nitrogens with zero attached hydrogens (tertiary/aromatic N) is 5. The molecule has 0 bridgehead atoms. The standard InChI is InChI=1S/C21H22F6N6O4/c22-20(23,24)12-8-28-19(29-9-12)33-5-3-32(4-6-33)16(34)7-13-1-2-14(37-13)11-36-15-10-30-31-18(35)17(15)21(25,26)27/h8-10,13-14H,1-7,11H2,(H,31,35)/t13-,14-/m0/s1. The molecule has 0 aromatic carbocycles. The quantitative estimate of drug-likeness (QED) is 0.560. The lowest BCUT2D eigenvalue weighted by molar-refractivity contribution is -0.141. The van der Waals surface area contributed by atoms with E-state index in [1.165, 1.54) is 0 Å². The van der Waals surface area contributed by atoms with Crippen molar-refractivity contribution in [2.75, 3.05) is 37.7 Å². The molecule has 202 valence electrons. The number of amides is 1. The fraction of sp³-hybridized carbons (Fsp3) is 0.571. The molecule has 1 amide bonds. The molecule has 2 aromatic rings. The van der Waals surface area contributed by atoms with Gasteiger partial charge in [0.25, 0.3) is 5.56 Å². The summed E-state index contributed by atoms with van der Waals surface area (Å²) in [6, 6.07) is 0. The second-order valence-corrected chi connectivity index (χ2v) is 8.55. The number of aromatic nitrogens is 4. The van der Waals surface area contributed by atoms with Gasteiger partial charge in [-0.3, -0.25) is 9.59 Å². The lowest BCUT2D eigenvalue weighted by Gasteiger charge is -2.35. The number of anilines is 1. The van der Waals surface area contributed by atoms with Crippen molar-refractivity contribution in [3.05, 3.63) is 40.1 Å². The number of carbonyl (C=O) groups excluding carboxylic acids is 1. The van der Waals surface area contributed by atoms with Crippen molar-refractivity contribution >= 4 is 11.9 Å². The lowest BCUT2D eigenvalue weighted by atomic mass is 10.1. The van der Waals surface area contributed by atoms with E-state index >= 15 is 0 Å². The average molecular weight is 536 g/mol. The molecule has 2 aliphatic rings. The minimum absolute atomic E-state index is 0.0631. The summed E-state index contributed by atoms with van der Waals surface area (Å²) in [5.74, 6) is -0.738. The molecule has 0 unspecified atom stereocenters. The summed E-state index contributed by atoms with van der Waals surface area (Å²) < 4.78 is 88.3. The number of hydrogen-bond acceptors (Lipinski definition) is 8. The van der Waals surface area contributed by atoms with E-state index in [0.29, 0.717) is 51.4 Å². The Morgan fingerprint density at radius 1 is 1.00 bits per heavy atom. The van der Waals surface area contributed by atoms with Crippen LogP contribution in [0.3, 0.4) is 0 Å². The summed E-state index contributed by atoms with van der Waals surface area (Å²) in [5.41, 5.74) is -3.83. The third-order valence-electron chi connectivity index (χ3n) is 6.01. The average Bonchev–Trinajstić information content (AvgIpc) is 3.28. The van der Waals surface area contributed by atoms with E-state index in [4.69, 9.17) is 9.47 Å². The molecule has 4 rings (SSSR count). The van der Waals surface area contributed by atoms with E-state index in [-0.39, 0.29) is 24.9 Å². The number of H-pyrrole nitrogens is 1. The Balaban J connectivity index is 1.23. The van der Waals surface area contributed by atoms with Gasteiger partial charge in [0.2, 0.25) is 11.9 Å². The van der Waals surface area contributed by atoms with Crippen LogP contribution in [-0.4, -0.2) is 76.0 Å².